The lowest BCUT2D eigenvalue weighted by atomic mass is 9.76. The molecular weight excluding hydrogens is 302 g/mol. The Morgan fingerprint density at radius 2 is 1.76 bits per heavy atom. The smallest absolute Gasteiger partial charge is 0.0343 e. The third kappa shape index (κ3) is 4.15. The average molecular weight is 336 g/mol. The Kier molecular flexibility index (Phi) is 6.47. The number of fused-ring (bicyclic) bond motifs is 2. The Bertz CT molecular complexity index is 725. The average Bonchev–Trinajstić information content (AvgIpc) is 2.67. The fourth-order valence-electron chi connectivity index (χ4n) is 3.66. The lowest BCUT2D eigenvalue weighted by Crippen LogP contribution is -2.19. The molecule has 1 unspecified atom stereocenters. The van der Waals surface area contributed by atoms with E-state index in [-0.39, 0.29) is 5.41 Å². The van der Waals surface area contributed by atoms with Crippen LogP contribution in [0.5, 0.6) is 0 Å². The van der Waals surface area contributed by atoms with Crippen molar-refractivity contribution in [2.24, 2.45) is 0 Å². The van der Waals surface area contributed by atoms with Crippen LogP contribution in [0.4, 0.5) is 5.69 Å². The Morgan fingerprint density at radius 1 is 1.04 bits per heavy atom. The fraction of sp³-hybridized carbons (Fsp3) is 0.417. The molecule has 0 heterocycles. The van der Waals surface area contributed by atoms with Crippen molar-refractivity contribution in [1.29, 1.82) is 0 Å². The van der Waals surface area contributed by atoms with Gasteiger partial charge in [-0.3, -0.25) is 0 Å². The molecule has 0 aliphatic heterocycles. The Labute approximate surface area is 154 Å². The zero-order chi connectivity index (χ0) is 18.4. The summed E-state index contributed by atoms with van der Waals surface area (Å²) in [6, 6.07) is 15.7. The number of hydrogen-bond donors (Lipinski definition) is 1. The van der Waals surface area contributed by atoms with Crippen molar-refractivity contribution < 1.29 is 0 Å². The highest BCUT2D eigenvalue weighted by molar-refractivity contribution is 5.63. The molecule has 2 aromatic rings. The SMILES string of the molecule is CC.CCNc1ccc2c(c1)C(C)c1ccccc1C(C)(C)C/C=C/2. The number of hydrogen-bond acceptors (Lipinski definition) is 1. The molecule has 25 heavy (non-hydrogen) atoms. The van der Waals surface area contributed by atoms with Gasteiger partial charge in [-0.2, -0.15) is 0 Å². The monoisotopic (exact) mass is 335 g/mol. The van der Waals surface area contributed by atoms with Crippen LogP contribution >= 0.6 is 0 Å². The highest BCUT2D eigenvalue weighted by Gasteiger charge is 2.26. The van der Waals surface area contributed by atoms with Crippen molar-refractivity contribution in [1.82, 2.24) is 0 Å². The van der Waals surface area contributed by atoms with E-state index in [9.17, 15) is 0 Å². The van der Waals surface area contributed by atoms with Gasteiger partial charge in [0, 0.05) is 18.2 Å². The maximum Gasteiger partial charge on any atom is 0.0343 e. The molecule has 0 saturated heterocycles. The Hall–Kier alpha value is -2.02. The first-order valence-electron chi connectivity index (χ1n) is 9.66. The van der Waals surface area contributed by atoms with Gasteiger partial charge in [-0.25, -0.2) is 0 Å². The van der Waals surface area contributed by atoms with Gasteiger partial charge in [0.1, 0.15) is 0 Å². The van der Waals surface area contributed by atoms with Gasteiger partial charge >= 0.3 is 0 Å². The summed E-state index contributed by atoms with van der Waals surface area (Å²) in [5.41, 5.74) is 7.04. The van der Waals surface area contributed by atoms with Crippen LogP contribution in [0.2, 0.25) is 0 Å². The van der Waals surface area contributed by atoms with E-state index >= 15 is 0 Å². The predicted molar refractivity (Wildman–Crippen MR) is 113 cm³/mol. The Balaban J connectivity index is 0.00000109. The van der Waals surface area contributed by atoms with E-state index in [0.29, 0.717) is 5.92 Å². The van der Waals surface area contributed by atoms with Crippen molar-refractivity contribution in [3.8, 4) is 0 Å². The van der Waals surface area contributed by atoms with E-state index in [4.69, 9.17) is 0 Å². The molecule has 0 radical (unpaired) electrons. The molecule has 0 fully saturated rings. The highest BCUT2D eigenvalue weighted by Crippen LogP contribution is 2.39. The molecule has 134 valence electrons. The molecule has 3 rings (SSSR count). The number of anilines is 1. The number of rotatable bonds is 2. The third-order valence-corrected chi connectivity index (χ3v) is 5.02. The van der Waals surface area contributed by atoms with Gasteiger partial charge in [0.15, 0.2) is 0 Å². The first-order chi connectivity index (χ1) is 12.0. The van der Waals surface area contributed by atoms with Crippen molar-refractivity contribution in [3.63, 3.8) is 0 Å². The lowest BCUT2D eigenvalue weighted by molar-refractivity contribution is 0.527. The van der Waals surface area contributed by atoms with Crippen LogP contribution in [0.3, 0.4) is 0 Å². The van der Waals surface area contributed by atoms with Crippen LogP contribution < -0.4 is 5.32 Å². The number of benzene rings is 2. The standard InChI is InChI=1S/C22H27N.C2H6/c1-5-23-18-13-12-17-9-8-14-22(3,4)21-11-7-6-10-19(21)16(2)20(17)15-18;1-2/h6-13,15-16,23H,5,14H2,1-4H3;1-2H3/b9-8+;. The van der Waals surface area contributed by atoms with Crippen molar-refractivity contribution >= 4 is 11.8 Å². The van der Waals surface area contributed by atoms with Gasteiger partial charge in [-0.15, -0.1) is 0 Å². The van der Waals surface area contributed by atoms with E-state index in [1.54, 1.807) is 0 Å². The van der Waals surface area contributed by atoms with E-state index in [2.05, 4.69) is 87.6 Å². The molecule has 0 bridgehead atoms. The van der Waals surface area contributed by atoms with Crippen LogP contribution in [0.1, 0.15) is 76.1 Å². The second kappa shape index (κ2) is 8.38. The molecule has 1 heteroatoms. The minimum Gasteiger partial charge on any atom is -0.385 e. The van der Waals surface area contributed by atoms with Gasteiger partial charge in [0.05, 0.1) is 0 Å². The lowest BCUT2D eigenvalue weighted by Gasteiger charge is -2.28. The summed E-state index contributed by atoms with van der Waals surface area (Å²) < 4.78 is 0. The third-order valence-electron chi connectivity index (χ3n) is 5.02. The van der Waals surface area contributed by atoms with E-state index < -0.39 is 0 Å². The van der Waals surface area contributed by atoms with Gasteiger partial charge in [0.2, 0.25) is 0 Å². The molecule has 0 amide bonds. The normalized spacial score (nSPS) is 19.0. The molecule has 0 saturated carbocycles. The van der Waals surface area contributed by atoms with Gasteiger partial charge in [-0.05, 0) is 53.1 Å². The summed E-state index contributed by atoms with van der Waals surface area (Å²) >= 11 is 0. The minimum atomic E-state index is 0.161. The maximum absolute atomic E-state index is 3.45. The van der Waals surface area contributed by atoms with Gasteiger partial charge in [-0.1, -0.05) is 77.1 Å². The number of allylic oxidation sites excluding steroid dienone is 1. The highest BCUT2D eigenvalue weighted by atomic mass is 14.8. The number of nitrogens with one attached hydrogen (secondary N) is 1. The second-order valence-corrected chi connectivity index (χ2v) is 7.17. The summed E-state index contributed by atoms with van der Waals surface area (Å²) in [5, 5.41) is 3.45. The second-order valence-electron chi connectivity index (χ2n) is 7.17. The zero-order valence-corrected chi connectivity index (χ0v) is 16.7. The summed E-state index contributed by atoms with van der Waals surface area (Å²) in [7, 11) is 0. The fourth-order valence-corrected chi connectivity index (χ4v) is 3.66. The molecule has 1 atom stereocenters. The van der Waals surface area contributed by atoms with Crippen LogP contribution in [-0.4, -0.2) is 6.54 Å². The predicted octanol–water partition coefficient (Wildman–Crippen LogP) is 6.99. The summed E-state index contributed by atoms with van der Waals surface area (Å²) in [6.07, 6.45) is 5.70. The Morgan fingerprint density at radius 3 is 2.48 bits per heavy atom. The topological polar surface area (TPSA) is 12.0 Å². The minimum absolute atomic E-state index is 0.161. The molecule has 1 N–H and O–H groups in total. The van der Waals surface area contributed by atoms with Crippen LogP contribution in [-0.2, 0) is 5.41 Å². The summed E-state index contributed by atoms with van der Waals surface area (Å²) in [5.74, 6) is 0.391. The van der Waals surface area contributed by atoms with Crippen LogP contribution in [0.15, 0.2) is 48.5 Å². The molecular formula is C24H33N. The van der Waals surface area contributed by atoms with E-state index in [1.807, 2.05) is 13.8 Å². The summed E-state index contributed by atoms with van der Waals surface area (Å²) in [6.45, 7) is 14.1. The summed E-state index contributed by atoms with van der Waals surface area (Å²) in [4.78, 5) is 0. The molecule has 2 aromatic carbocycles. The first kappa shape index (κ1) is 19.3. The molecule has 0 aromatic heterocycles. The molecule has 1 aliphatic rings. The van der Waals surface area contributed by atoms with Crippen molar-refractivity contribution in [3.05, 3.63) is 70.8 Å². The molecule has 1 nitrogen and oxygen atoms in total. The van der Waals surface area contributed by atoms with Gasteiger partial charge in [0.25, 0.3) is 0 Å². The zero-order valence-electron chi connectivity index (χ0n) is 16.7. The van der Waals surface area contributed by atoms with Crippen molar-refractivity contribution in [2.45, 2.75) is 59.3 Å². The van der Waals surface area contributed by atoms with E-state index in [0.717, 1.165) is 13.0 Å². The molecule has 1 aliphatic carbocycles. The molecule has 0 spiro atoms. The van der Waals surface area contributed by atoms with E-state index in [1.165, 1.54) is 27.9 Å². The van der Waals surface area contributed by atoms with Crippen molar-refractivity contribution in [2.75, 3.05) is 11.9 Å². The van der Waals surface area contributed by atoms with Crippen LogP contribution in [0.25, 0.3) is 6.08 Å². The quantitative estimate of drug-likeness (QED) is 0.623. The van der Waals surface area contributed by atoms with Crippen LogP contribution in [0, 0.1) is 0 Å². The first-order valence-corrected chi connectivity index (χ1v) is 9.66. The maximum atomic E-state index is 3.45. The largest absolute Gasteiger partial charge is 0.385 e. The van der Waals surface area contributed by atoms with Gasteiger partial charge < -0.3 is 5.32 Å².